The van der Waals surface area contributed by atoms with E-state index in [0.29, 0.717) is 6.61 Å². The maximum Gasteiger partial charge on any atom is 0.308 e. The molecule has 1 aliphatic heterocycles. The van der Waals surface area contributed by atoms with E-state index in [1.54, 1.807) is 0 Å². The Hall–Kier alpha value is -1.12. The SMILES string of the molecule is CN(C)S(=O)(=O)n1cnc(OC2CCCCO2)c1. The van der Waals surface area contributed by atoms with Crippen LogP contribution in [0.5, 0.6) is 5.88 Å². The van der Waals surface area contributed by atoms with Crippen LogP contribution in [-0.2, 0) is 14.9 Å². The molecule has 0 saturated carbocycles. The Labute approximate surface area is 107 Å². The molecule has 1 unspecified atom stereocenters. The van der Waals surface area contributed by atoms with Crippen LogP contribution in [0.15, 0.2) is 12.5 Å². The summed E-state index contributed by atoms with van der Waals surface area (Å²) in [5.41, 5.74) is 0. The van der Waals surface area contributed by atoms with Crippen molar-refractivity contribution in [3.8, 4) is 5.88 Å². The topological polar surface area (TPSA) is 73.7 Å². The van der Waals surface area contributed by atoms with E-state index >= 15 is 0 Å². The van der Waals surface area contributed by atoms with Gasteiger partial charge in [-0.05, 0) is 12.8 Å². The van der Waals surface area contributed by atoms with E-state index in [4.69, 9.17) is 9.47 Å². The fraction of sp³-hybridized carbons (Fsp3) is 0.700. The molecule has 0 N–H and O–H groups in total. The Balaban J connectivity index is 2.06. The summed E-state index contributed by atoms with van der Waals surface area (Å²) in [6.45, 7) is 0.668. The molecule has 7 nitrogen and oxygen atoms in total. The molecule has 102 valence electrons. The quantitative estimate of drug-likeness (QED) is 0.797. The molecule has 8 heteroatoms. The molecule has 0 radical (unpaired) electrons. The van der Waals surface area contributed by atoms with Gasteiger partial charge in [0.15, 0.2) is 0 Å². The minimum atomic E-state index is -3.53. The summed E-state index contributed by atoms with van der Waals surface area (Å²) < 4.78 is 36.6. The fourth-order valence-corrected chi connectivity index (χ4v) is 2.37. The van der Waals surface area contributed by atoms with Gasteiger partial charge in [0.25, 0.3) is 0 Å². The molecule has 0 spiro atoms. The molecule has 2 heterocycles. The highest BCUT2D eigenvalue weighted by molar-refractivity contribution is 7.87. The summed E-state index contributed by atoms with van der Waals surface area (Å²) in [6.07, 6.45) is 5.10. The molecular formula is C10H17N3O4S. The Bertz CT molecular complexity index is 491. The van der Waals surface area contributed by atoms with Crippen molar-refractivity contribution in [3.05, 3.63) is 12.5 Å². The van der Waals surface area contributed by atoms with Gasteiger partial charge in [-0.1, -0.05) is 0 Å². The summed E-state index contributed by atoms with van der Waals surface area (Å²) in [7, 11) is -0.613. The number of rotatable bonds is 4. The van der Waals surface area contributed by atoms with Crippen molar-refractivity contribution in [2.75, 3.05) is 20.7 Å². The molecule has 1 aliphatic rings. The number of aromatic nitrogens is 2. The minimum Gasteiger partial charge on any atom is -0.447 e. The summed E-state index contributed by atoms with van der Waals surface area (Å²) in [5, 5.41) is 0. The molecule has 0 aromatic carbocycles. The monoisotopic (exact) mass is 275 g/mol. The Morgan fingerprint density at radius 2 is 2.28 bits per heavy atom. The van der Waals surface area contributed by atoms with Gasteiger partial charge in [-0.3, -0.25) is 0 Å². The molecular weight excluding hydrogens is 258 g/mol. The Kier molecular flexibility index (Phi) is 3.88. The average Bonchev–Trinajstić information content (AvgIpc) is 2.79. The zero-order chi connectivity index (χ0) is 13.2. The normalized spacial score (nSPS) is 21.2. The first-order valence-electron chi connectivity index (χ1n) is 5.75. The summed E-state index contributed by atoms with van der Waals surface area (Å²) >= 11 is 0. The largest absolute Gasteiger partial charge is 0.447 e. The molecule has 18 heavy (non-hydrogen) atoms. The van der Waals surface area contributed by atoms with Crippen LogP contribution in [0.3, 0.4) is 0 Å². The molecule has 1 fully saturated rings. The van der Waals surface area contributed by atoms with Crippen LogP contribution in [0.1, 0.15) is 19.3 Å². The van der Waals surface area contributed by atoms with Crippen LogP contribution in [0.2, 0.25) is 0 Å². The van der Waals surface area contributed by atoms with Crippen molar-refractivity contribution in [2.24, 2.45) is 0 Å². The van der Waals surface area contributed by atoms with Gasteiger partial charge in [-0.2, -0.15) is 12.7 Å². The van der Waals surface area contributed by atoms with E-state index < -0.39 is 10.2 Å². The highest BCUT2D eigenvalue weighted by Crippen LogP contribution is 2.18. The van der Waals surface area contributed by atoms with Gasteiger partial charge >= 0.3 is 10.2 Å². The van der Waals surface area contributed by atoms with Crippen LogP contribution in [0.4, 0.5) is 0 Å². The molecule has 1 aromatic heterocycles. The van der Waals surface area contributed by atoms with Gasteiger partial charge in [-0.25, -0.2) is 8.96 Å². The summed E-state index contributed by atoms with van der Waals surface area (Å²) in [6, 6.07) is 0. The molecule has 0 aliphatic carbocycles. The van der Waals surface area contributed by atoms with Gasteiger partial charge in [0.05, 0.1) is 12.8 Å². The third kappa shape index (κ3) is 2.82. The van der Waals surface area contributed by atoms with E-state index in [2.05, 4.69) is 4.98 Å². The van der Waals surface area contributed by atoms with Crippen LogP contribution in [-0.4, -0.2) is 48.7 Å². The number of ether oxygens (including phenoxy) is 2. The lowest BCUT2D eigenvalue weighted by Crippen LogP contribution is -2.28. The third-order valence-electron chi connectivity index (χ3n) is 2.65. The van der Waals surface area contributed by atoms with Crippen molar-refractivity contribution >= 4 is 10.2 Å². The van der Waals surface area contributed by atoms with Gasteiger partial charge in [0.1, 0.15) is 6.33 Å². The average molecular weight is 275 g/mol. The number of hydrogen-bond donors (Lipinski definition) is 0. The number of hydrogen-bond acceptors (Lipinski definition) is 5. The van der Waals surface area contributed by atoms with Crippen LogP contribution >= 0.6 is 0 Å². The molecule has 2 rings (SSSR count). The van der Waals surface area contributed by atoms with Crippen LogP contribution < -0.4 is 4.74 Å². The van der Waals surface area contributed by atoms with E-state index in [-0.39, 0.29) is 12.2 Å². The lowest BCUT2D eigenvalue weighted by Gasteiger charge is -2.22. The Morgan fingerprint density at radius 1 is 1.50 bits per heavy atom. The van der Waals surface area contributed by atoms with Crippen LogP contribution in [0.25, 0.3) is 0 Å². The molecule has 0 amide bonds. The van der Waals surface area contributed by atoms with Crippen molar-refractivity contribution in [2.45, 2.75) is 25.6 Å². The molecule has 1 aromatic rings. The summed E-state index contributed by atoms with van der Waals surface area (Å²) in [5.74, 6) is 0.257. The minimum absolute atomic E-state index is 0.257. The maximum atomic E-state index is 11.8. The van der Waals surface area contributed by atoms with E-state index in [9.17, 15) is 8.42 Å². The van der Waals surface area contributed by atoms with E-state index in [0.717, 1.165) is 27.5 Å². The molecule has 0 bridgehead atoms. The summed E-state index contributed by atoms with van der Waals surface area (Å²) in [4.78, 5) is 3.91. The Morgan fingerprint density at radius 3 is 2.89 bits per heavy atom. The first kappa shape index (κ1) is 13.3. The van der Waals surface area contributed by atoms with Gasteiger partial charge in [0, 0.05) is 20.5 Å². The predicted molar refractivity (Wildman–Crippen MR) is 64.5 cm³/mol. The van der Waals surface area contributed by atoms with Crippen LogP contribution in [0, 0.1) is 0 Å². The fourth-order valence-electron chi connectivity index (χ4n) is 1.60. The van der Waals surface area contributed by atoms with Crippen molar-refractivity contribution < 1.29 is 17.9 Å². The smallest absolute Gasteiger partial charge is 0.308 e. The zero-order valence-corrected chi connectivity index (χ0v) is 11.3. The van der Waals surface area contributed by atoms with Gasteiger partial charge in [-0.15, -0.1) is 0 Å². The molecule has 1 saturated heterocycles. The van der Waals surface area contributed by atoms with Crippen molar-refractivity contribution in [1.29, 1.82) is 0 Å². The first-order valence-corrected chi connectivity index (χ1v) is 7.15. The first-order chi connectivity index (χ1) is 8.50. The number of nitrogens with zero attached hydrogens (tertiary/aromatic N) is 3. The zero-order valence-electron chi connectivity index (χ0n) is 10.4. The third-order valence-corrected chi connectivity index (χ3v) is 4.31. The van der Waals surface area contributed by atoms with Gasteiger partial charge in [0.2, 0.25) is 12.2 Å². The van der Waals surface area contributed by atoms with Gasteiger partial charge < -0.3 is 9.47 Å². The van der Waals surface area contributed by atoms with E-state index in [1.165, 1.54) is 26.6 Å². The van der Waals surface area contributed by atoms with Crippen molar-refractivity contribution in [1.82, 2.24) is 13.3 Å². The highest BCUT2D eigenvalue weighted by atomic mass is 32.2. The maximum absolute atomic E-state index is 11.8. The van der Waals surface area contributed by atoms with Crippen molar-refractivity contribution in [3.63, 3.8) is 0 Å². The second-order valence-corrected chi connectivity index (χ2v) is 6.29. The lowest BCUT2D eigenvalue weighted by atomic mass is 10.2. The second-order valence-electron chi connectivity index (χ2n) is 4.25. The predicted octanol–water partition coefficient (Wildman–Crippen LogP) is 0.443. The second kappa shape index (κ2) is 5.25. The highest BCUT2D eigenvalue weighted by Gasteiger charge is 2.20. The van der Waals surface area contributed by atoms with E-state index in [1.807, 2.05) is 0 Å². The molecule has 1 atom stereocenters. The number of imidazole rings is 1. The standard InChI is InChI=1S/C10H17N3O4S/c1-12(2)18(14,15)13-7-9(11-8-13)17-10-5-3-4-6-16-10/h7-8,10H,3-6H2,1-2H3. The lowest BCUT2D eigenvalue weighted by molar-refractivity contribution is -0.107.